The molecule has 1 N–H and O–H groups in total. The normalized spacial score (nSPS) is 22.9. The number of ether oxygens (including phenoxy) is 1. The molecule has 3 aromatic carbocycles. The highest BCUT2D eigenvalue weighted by Crippen LogP contribution is 2.47. The van der Waals surface area contributed by atoms with E-state index >= 15 is 0 Å². The van der Waals surface area contributed by atoms with Gasteiger partial charge < -0.3 is 15.0 Å². The van der Waals surface area contributed by atoms with Gasteiger partial charge in [-0.25, -0.2) is 13.2 Å². The number of anilines is 1. The number of piperazine rings is 1. The summed E-state index contributed by atoms with van der Waals surface area (Å²) >= 11 is 0. The summed E-state index contributed by atoms with van der Waals surface area (Å²) in [6.07, 6.45) is 0.102. The molecule has 10 heteroatoms. The zero-order valence-electron chi connectivity index (χ0n) is 23.8. The molecule has 6 rings (SSSR count). The van der Waals surface area contributed by atoms with E-state index in [0.717, 1.165) is 28.8 Å². The van der Waals surface area contributed by atoms with Gasteiger partial charge in [-0.1, -0.05) is 66.2 Å². The molecule has 220 valence electrons. The zero-order valence-corrected chi connectivity index (χ0v) is 24.7. The molecule has 2 saturated heterocycles. The summed E-state index contributed by atoms with van der Waals surface area (Å²) in [5.41, 5.74) is 3.83. The fourth-order valence-corrected chi connectivity index (χ4v) is 7.98. The highest BCUT2D eigenvalue weighted by molar-refractivity contribution is 7.89. The van der Waals surface area contributed by atoms with E-state index in [1.54, 1.807) is 23.4 Å². The molecule has 3 aliphatic heterocycles. The van der Waals surface area contributed by atoms with E-state index in [1.807, 2.05) is 72.5 Å². The Morgan fingerprint density at radius 1 is 0.952 bits per heavy atom. The number of nitrogens with zero attached hydrogens (tertiary/aromatic N) is 3. The monoisotopic (exact) mass is 588 g/mol. The third-order valence-corrected chi connectivity index (χ3v) is 10.6. The minimum Gasteiger partial charge on any atom is -0.445 e. The average molecular weight is 589 g/mol. The zero-order chi connectivity index (χ0) is 29.4. The summed E-state index contributed by atoms with van der Waals surface area (Å²) < 4.78 is 33.8. The predicted octanol–water partition coefficient (Wildman–Crippen LogP) is 3.89. The second-order valence-corrected chi connectivity index (χ2v) is 13.4. The highest BCUT2D eigenvalue weighted by Gasteiger charge is 2.49. The fourth-order valence-electron chi connectivity index (χ4n) is 6.51. The summed E-state index contributed by atoms with van der Waals surface area (Å²) in [6, 6.07) is 23.5. The van der Waals surface area contributed by atoms with Crippen molar-refractivity contribution in [3.05, 3.63) is 95.6 Å². The molecule has 0 spiro atoms. The molecule has 3 aromatic rings. The van der Waals surface area contributed by atoms with Crippen LogP contribution in [0.3, 0.4) is 0 Å². The topological polar surface area (TPSA) is 99.3 Å². The minimum absolute atomic E-state index is 0.0480. The lowest BCUT2D eigenvalue weighted by atomic mass is 9.83. The lowest BCUT2D eigenvalue weighted by molar-refractivity contribution is -0.121. The van der Waals surface area contributed by atoms with Crippen LogP contribution in [0.15, 0.2) is 83.8 Å². The first kappa shape index (κ1) is 28.4. The number of para-hydroxylation sites is 1. The van der Waals surface area contributed by atoms with Crippen LogP contribution in [-0.4, -0.2) is 73.9 Å². The molecule has 4 atom stereocenters. The molecule has 9 nitrogen and oxygen atoms in total. The average Bonchev–Trinajstić information content (AvgIpc) is 3.32. The van der Waals surface area contributed by atoms with Gasteiger partial charge in [-0.3, -0.25) is 9.69 Å². The van der Waals surface area contributed by atoms with Crippen molar-refractivity contribution in [2.75, 3.05) is 31.1 Å². The first-order chi connectivity index (χ1) is 20.2. The number of alkyl carbamates (subject to hydrolysis) is 1. The lowest BCUT2D eigenvalue weighted by Crippen LogP contribution is -2.62. The van der Waals surface area contributed by atoms with Crippen molar-refractivity contribution in [3.63, 3.8) is 0 Å². The van der Waals surface area contributed by atoms with Gasteiger partial charge in [-0.15, -0.1) is 0 Å². The number of carbonyl (C=O) groups is 2. The van der Waals surface area contributed by atoms with E-state index in [-0.39, 0.29) is 30.5 Å². The van der Waals surface area contributed by atoms with Gasteiger partial charge >= 0.3 is 6.09 Å². The summed E-state index contributed by atoms with van der Waals surface area (Å²) in [4.78, 5) is 30.9. The van der Waals surface area contributed by atoms with E-state index in [2.05, 4.69) is 16.3 Å². The van der Waals surface area contributed by atoms with Gasteiger partial charge in [-0.2, -0.15) is 4.31 Å². The predicted molar refractivity (Wildman–Crippen MR) is 160 cm³/mol. The first-order valence-electron chi connectivity index (χ1n) is 14.4. The van der Waals surface area contributed by atoms with Gasteiger partial charge in [0.15, 0.2) is 0 Å². The molecular weight excluding hydrogens is 552 g/mol. The number of carbonyl (C=O) groups excluding carboxylic acids is 2. The third-order valence-electron chi connectivity index (χ3n) is 8.72. The van der Waals surface area contributed by atoms with Crippen molar-refractivity contribution in [1.29, 1.82) is 0 Å². The molecule has 42 heavy (non-hydrogen) atoms. The van der Waals surface area contributed by atoms with Crippen LogP contribution in [0.4, 0.5) is 10.5 Å². The van der Waals surface area contributed by atoms with Gasteiger partial charge in [0.1, 0.15) is 12.6 Å². The number of rotatable bonds is 6. The van der Waals surface area contributed by atoms with Crippen LogP contribution >= 0.6 is 0 Å². The number of sulfonamides is 1. The Hall–Kier alpha value is -3.73. The number of nitrogens with one attached hydrogen (secondary N) is 1. The van der Waals surface area contributed by atoms with E-state index in [9.17, 15) is 18.0 Å². The van der Waals surface area contributed by atoms with Crippen LogP contribution in [0, 0.1) is 6.92 Å². The number of amides is 2. The van der Waals surface area contributed by atoms with E-state index in [4.69, 9.17) is 4.74 Å². The van der Waals surface area contributed by atoms with Gasteiger partial charge in [0, 0.05) is 43.8 Å². The quantitative estimate of drug-likeness (QED) is 0.469. The van der Waals surface area contributed by atoms with Crippen molar-refractivity contribution in [1.82, 2.24) is 14.5 Å². The van der Waals surface area contributed by atoms with Gasteiger partial charge in [0.2, 0.25) is 15.9 Å². The standard InChI is InChI=1S/C32H36N4O5S/c1-22-12-14-26(15-13-22)42(39,40)35-17-16-34-20-30-28(18-25(34)19-35)27-10-6-7-11-29(27)36(30)31(37)23(2)33-32(38)41-21-24-8-4-3-5-9-24/h3-15,23,25,28,30H,16-21H2,1-2H3,(H,33,38)/t23-,25+,28+,30+/m1/s1. The minimum atomic E-state index is -3.59. The van der Waals surface area contributed by atoms with E-state index in [0.29, 0.717) is 31.1 Å². The Labute approximate surface area is 247 Å². The molecule has 3 aliphatic rings. The number of hydrogen-bond acceptors (Lipinski definition) is 6. The van der Waals surface area contributed by atoms with E-state index in [1.165, 1.54) is 0 Å². The summed E-state index contributed by atoms with van der Waals surface area (Å²) in [5, 5.41) is 2.71. The maximum Gasteiger partial charge on any atom is 0.408 e. The third kappa shape index (κ3) is 5.42. The molecule has 0 radical (unpaired) electrons. The summed E-state index contributed by atoms with van der Waals surface area (Å²) in [5.74, 6) is -0.115. The number of fused-ring (bicyclic) bond motifs is 4. The van der Waals surface area contributed by atoms with Crippen LogP contribution in [0.2, 0.25) is 0 Å². The summed E-state index contributed by atoms with van der Waals surface area (Å²) in [7, 11) is -3.59. The van der Waals surface area contributed by atoms with Crippen molar-refractivity contribution in [2.45, 2.75) is 55.8 Å². The Kier molecular flexibility index (Phi) is 7.78. The van der Waals surface area contributed by atoms with Crippen LogP contribution in [-0.2, 0) is 26.2 Å². The maximum absolute atomic E-state index is 13.8. The van der Waals surface area contributed by atoms with E-state index < -0.39 is 22.2 Å². The first-order valence-corrected chi connectivity index (χ1v) is 15.9. The molecule has 0 bridgehead atoms. The Morgan fingerprint density at radius 3 is 2.43 bits per heavy atom. The van der Waals surface area contributed by atoms with Crippen molar-refractivity contribution in [3.8, 4) is 0 Å². The number of benzene rings is 3. The van der Waals surface area contributed by atoms with Crippen LogP contribution in [0.25, 0.3) is 0 Å². The second kappa shape index (κ2) is 11.5. The summed E-state index contributed by atoms with van der Waals surface area (Å²) in [6.45, 7) is 5.79. The molecule has 0 unspecified atom stereocenters. The smallest absolute Gasteiger partial charge is 0.408 e. The van der Waals surface area contributed by atoms with Crippen LogP contribution in [0.1, 0.15) is 36.0 Å². The Balaban J connectivity index is 1.15. The Morgan fingerprint density at radius 2 is 1.67 bits per heavy atom. The lowest BCUT2D eigenvalue weighted by Gasteiger charge is -2.48. The molecule has 0 saturated carbocycles. The molecular formula is C32H36N4O5S. The Bertz CT molecular complexity index is 1560. The van der Waals surface area contributed by atoms with Gasteiger partial charge in [0.05, 0.1) is 10.9 Å². The molecule has 2 fully saturated rings. The molecule has 3 heterocycles. The highest BCUT2D eigenvalue weighted by atomic mass is 32.2. The number of aryl methyl sites for hydroxylation is 1. The number of piperidine rings is 1. The van der Waals surface area contributed by atoms with Crippen LogP contribution < -0.4 is 10.2 Å². The van der Waals surface area contributed by atoms with Gasteiger partial charge in [-0.05, 0) is 49.6 Å². The van der Waals surface area contributed by atoms with Crippen molar-refractivity contribution >= 4 is 27.7 Å². The van der Waals surface area contributed by atoms with Crippen molar-refractivity contribution < 1.29 is 22.7 Å². The molecule has 0 aromatic heterocycles. The maximum atomic E-state index is 13.8. The van der Waals surface area contributed by atoms with Gasteiger partial charge in [0.25, 0.3) is 0 Å². The molecule has 0 aliphatic carbocycles. The largest absolute Gasteiger partial charge is 0.445 e. The van der Waals surface area contributed by atoms with Crippen LogP contribution in [0.5, 0.6) is 0 Å². The fraction of sp³-hybridized carbons (Fsp3) is 0.375. The SMILES string of the molecule is Cc1ccc(S(=O)(=O)N2CCN3C[C@H]4[C@@H](C[C@H]3C2)c2ccccc2N4C(=O)[C@@H](C)NC(=O)OCc2ccccc2)cc1. The molecule has 2 amide bonds. The number of hydrogen-bond donors (Lipinski definition) is 1. The van der Waals surface area contributed by atoms with Crippen molar-refractivity contribution in [2.24, 2.45) is 0 Å². The second-order valence-electron chi connectivity index (χ2n) is 11.4.